The topological polar surface area (TPSA) is 79.2 Å². The molecule has 5 atom stereocenters. The Labute approximate surface area is 169 Å². The van der Waals surface area contributed by atoms with Crippen molar-refractivity contribution in [3.63, 3.8) is 0 Å². The van der Waals surface area contributed by atoms with Gasteiger partial charge in [0.15, 0.2) is 0 Å². The van der Waals surface area contributed by atoms with Crippen LogP contribution in [-0.4, -0.2) is 46.5 Å². The van der Waals surface area contributed by atoms with Crippen molar-refractivity contribution >= 4 is 11.8 Å². The van der Waals surface area contributed by atoms with Gasteiger partial charge in [-0.3, -0.25) is 0 Å². The number of aliphatic hydroxyl groups is 3. The lowest BCUT2D eigenvalue weighted by Gasteiger charge is -2.47. The summed E-state index contributed by atoms with van der Waals surface area (Å²) in [6, 6.07) is 14.7. The third-order valence-corrected chi connectivity index (χ3v) is 6.65. The lowest BCUT2D eigenvalue weighted by Crippen LogP contribution is -2.59. The first-order valence-electron chi connectivity index (χ1n) is 9.52. The average molecular weight is 403 g/mol. The Morgan fingerprint density at radius 1 is 1.07 bits per heavy atom. The van der Waals surface area contributed by atoms with Crippen LogP contribution in [0.5, 0.6) is 0 Å². The Morgan fingerprint density at radius 3 is 2.46 bits per heavy atom. The fraction of sp³-hybridized carbons (Fsp3) is 0.455. The summed E-state index contributed by atoms with van der Waals surface area (Å²) < 4.78 is 12.1. The van der Waals surface area contributed by atoms with Crippen LogP contribution < -0.4 is 0 Å². The van der Waals surface area contributed by atoms with Crippen molar-refractivity contribution in [2.75, 3.05) is 12.9 Å². The van der Waals surface area contributed by atoms with Crippen LogP contribution in [0, 0.1) is 5.92 Å². The van der Waals surface area contributed by atoms with E-state index >= 15 is 0 Å². The number of fused-ring (bicyclic) bond motifs is 2. The molecule has 2 aromatic rings. The highest BCUT2D eigenvalue weighted by atomic mass is 32.2. The molecule has 0 aromatic heterocycles. The fourth-order valence-electron chi connectivity index (χ4n) is 4.19. The van der Waals surface area contributed by atoms with E-state index < -0.39 is 30.0 Å². The third-order valence-electron chi connectivity index (χ3n) is 5.91. The summed E-state index contributed by atoms with van der Waals surface area (Å²) in [5, 5.41) is 30.3. The van der Waals surface area contributed by atoms with Gasteiger partial charge in [0.05, 0.1) is 19.3 Å². The summed E-state index contributed by atoms with van der Waals surface area (Å²) in [5.74, 6) is -1.62. The van der Waals surface area contributed by atoms with Crippen molar-refractivity contribution < 1.29 is 24.8 Å². The molecule has 2 heterocycles. The number of benzene rings is 2. The predicted octanol–water partition coefficient (Wildman–Crippen LogP) is 2.43. The van der Waals surface area contributed by atoms with E-state index in [9.17, 15) is 15.3 Å². The smallest absolute Gasteiger partial charge is 0.201 e. The van der Waals surface area contributed by atoms with Gasteiger partial charge in [-0.2, -0.15) is 0 Å². The van der Waals surface area contributed by atoms with Crippen LogP contribution in [0.3, 0.4) is 0 Å². The summed E-state index contributed by atoms with van der Waals surface area (Å²) in [5.41, 5.74) is 4.22. The molecule has 0 saturated carbocycles. The normalized spacial score (nSPS) is 31.9. The lowest BCUT2D eigenvalue weighted by atomic mass is 9.81. The van der Waals surface area contributed by atoms with Crippen LogP contribution >= 0.6 is 11.8 Å². The van der Waals surface area contributed by atoms with Crippen LogP contribution in [0.4, 0.5) is 0 Å². The minimum atomic E-state index is -1.15. The molecule has 0 bridgehead atoms. The fourth-order valence-corrected chi connectivity index (χ4v) is 4.60. The van der Waals surface area contributed by atoms with E-state index in [2.05, 4.69) is 42.7 Å². The number of rotatable bonds is 4. The first-order valence-corrected chi connectivity index (χ1v) is 10.7. The highest BCUT2D eigenvalue weighted by molar-refractivity contribution is 7.98. The van der Waals surface area contributed by atoms with Crippen molar-refractivity contribution in [1.29, 1.82) is 0 Å². The first kappa shape index (κ1) is 19.9. The Kier molecular flexibility index (Phi) is 5.53. The molecule has 4 rings (SSSR count). The van der Waals surface area contributed by atoms with E-state index in [-0.39, 0.29) is 6.61 Å². The third kappa shape index (κ3) is 3.28. The molecule has 2 aromatic carbocycles. The molecule has 6 heteroatoms. The van der Waals surface area contributed by atoms with Gasteiger partial charge in [0.25, 0.3) is 0 Å². The largest absolute Gasteiger partial charge is 0.394 e. The number of aliphatic hydroxyl groups excluding tert-OH is 3. The van der Waals surface area contributed by atoms with Crippen molar-refractivity contribution in [1.82, 2.24) is 0 Å². The number of hydrogen-bond acceptors (Lipinski definition) is 6. The summed E-state index contributed by atoms with van der Waals surface area (Å²) in [6.45, 7) is 1.81. The van der Waals surface area contributed by atoms with E-state index in [1.54, 1.807) is 11.8 Å². The van der Waals surface area contributed by atoms with Crippen LogP contribution in [0.2, 0.25) is 0 Å². The van der Waals surface area contributed by atoms with Gasteiger partial charge in [-0.15, -0.1) is 11.8 Å². The van der Waals surface area contributed by atoms with Crippen molar-refractivity contribution in [3.8, 4) is 0 Å². The van der Waals surface area contributed by atoms with Gasteiger partial charge in [0.1, 0.15) is 12.2 Å². The van der Waals surface area contributed by atoms with Crippen molar-refractivity contribution in [2.45, 2.75) is 48.9 Å². The molecule has 5 nitrogen and oxygen atoms in total. The van der Waals surface area contributed by atoms with Gasteiger partial charge in [0, 0.05) is 16.4 Å². The second-order valence-corrected chi connectivity index (χ2v) is 8.46. The number of thioether (sulfide) groups is 1. The lowest BCUT2D eigenvalue weighted by molar-refractivity contribution is -0.352. The molecule has 28 heavy (non-hydrogen) atoms. The van der Waals surface area contributed by atoms with Crippen LogP contribution in [0.1, 0.15) is 29.2 Å². The second kappa shape index (κ2) is 7.78. The summed E-state index contributed by atoms with van der Waals surface area (Å²) >= 11 is 1.72. The van der Waals surface area contributed by atoms with Crippen LogP contribution in [0.15, 0.2) is 47.4 Å². The van der Waals surface area contributed by atoms with Gasteiger partial charge in [-0.25, -0.2) is 0 Å². The van der Waals surface area contributed by atoms with E-state index in [0.717, 1.165) is 23.1 Å². The Morgan fingerprint density at radius 2 is 1.79 bits per heavy atom. The van der Waals surface area contributed by atoms with Crippen LogP contribution in [0.25, 0.3) is 0 Å². The summed E-state index contributed by atoms with van der Waals surface area (Å²) in [6.07, 6.45) is -0.234. The van der Waals surface area contributed by atoms with Gasteiger partial charge < -0.3 is 24.8 Å². The quantitative estimate of drug-likeness (QED) is 0.682. The molecule has 0 radical (unpaired) electrons. The van der Waals surface area contributed by atoms with E-state index in [1.807, 2.05) is 13.0 Å². The zero-order chi connectivity index (χ0) is 19.9. The maximum absolute atomic E-state index is 10.5. The van der Waals surface area contributed by atoms with Gasteiger partial charge in [0.2, 0.25) is 5.79 Å². The van der Waals surface area contributed by atoms with Gasteiger partial charge in [-0.05, 0) is 47.6 Å². The maximum atomic E-state index is 10.5. The van der Waals surface area contributed by atoms with E-state index in [0.29, 0.717) is 6.61 Å². The molecule has 0 amide bonds. The average Bonchev–Trinajstić information content (AvgIpc) is 3.08. The number of hydrogen-bond donors (Lipinski definition) is 3. The molecule has 2 aliphatic rings. The molecule has 2 aliphatic heterocycles. The molecule has 1 saturated heterocycles. The highest BCUT2D eigenvalue weighted by Crippen LogP contribution is 2.49. The van der Waals surface area contributed by atoms with Gasteiger partial charge in [-0.1, -0.05) is 31.2 Å². The Hall–Kier alpha value is -1.41. The maximum Gasteiger partial charge on any atom is 0.201 e. The van der Waals surface area contributed by atoms with E-state index in [4.69, 9.17) is 9.47 Å². The predicted molar refractivity (Wildman–Crippen MR) is 107 cm³/mol. The van der Waals surface area contributed by atoms with Crippen LogP contribution in [-0.2, 0) is 28.3 Å². The first-order chi connectivity index (χ1) is 13.5. The molecular formula is C22H26O5S. The Balaban J connectivity index is 1.66. The molecule has 150 valence electrons. The summed E-state index contributed by atoms with van der Waals surface area (Å²) in [4.78, 5) is 1.23. The summed E-state index contributed by atoms with van der Waals surface area (Å²) in [7, 11) is 0. The monoisotopic (exact) mass is 402 g/mol. The SMILES string of the molecule is CSc1ccc(Cc2ccc3c(c2)[C@]2(OC3)O[C@H](CO)[C@@H](O)[C@H](O)[C@H]2C)cc1. The number of ether oxygens (including phenoxy) is 2. The van der Waals surface area contributed by atoms with Gasteiger partial charge >= 0.3 is 0 Å². The minimum absolute atomic E-state index is 0.378. The molecule has 1 fully saturated rings. The minimum Gasteiger partial charge on any atom is -0.394 e. The Bertz CT molecular complexity index is 837. The zero-order valence-corrected chi connectivity index (χ0v) is 16.9. The van der Waals surface area contributed by atoms with Crippen molar-refractivity contribution in [3.05, 3.63) is 64.7 Å². The van der Waals surface area contributed by atoms with E-state index in [1.165, 1.54) is 10.5 Å². The molecule has 3 N–H and O–H groups in total. The molecule has 0 unspecified atom stereocenters. The molecule has 1 spiro atoms. The van der Waals surface area contributed by atoms with Crippen molar-refractivity contribution in [2.24, 2.45) is 5.92 Å². The highest BCUT2D eigenvalue weighted by Gasteiger charge is 2.56. The second-order valence-electron chi connectivity index (χ2n) is 7.58. The molecule has 0 aliphatic carbocycles. The zero-order valence-electron chi connectivity index (χ0n) is 16.0. The standard InChI is InChI=1S/C22H26O5S/c1-13-20(24)21(25)19(11-23)27-22(13)18-10-15(3-6-16(18)12-26-22)9-14-4-7-17(28-2)8-5-14/h3-8,10,13,19-21,23-25H,9,11-12H2,1-2H3/t13-,19-,20-,21-,22-/m1/s1. The molecular weight excluding hydrogens is 376 g/mol.